The second-order valence-corrected chi connectivity index (χ2v) is 8.14. The van der Waals surface area contributed by atoms with Gasteiger partial charge in [-0.3, -0.25) is 9.78 Å². The fourth-order valence-electron chi connectivity index (χ4n) is 3.61. The molecule has 4 aromatic rings. The fraction of sp³-hybridized carbons (Fsp3) is 0.154. The first-order chi connectivity index (χ1) is 16.0. The van der Waals surface area contributed by atoms with Crippen molar-refractivity contribution in [2.75, 3.05) is 14.2 Å². The molecule has 0 amide bonds. The van der Waals surface area contributed by atoms with Crippen LogP contribution in [0.1, 0.15) is 21.5 Å². The van der Waals surface area contributed by atoms with Crippen molar-refractivity contribution >= 4 is 39.8 Å². The first-order valence-corrected chi connectivity index (χ1v) is 10.9. The molecule has 0 aliphatic rings. The average Bonchev–Trinajstić information content (AvgIpc) is 2.84. The second kappa shape index (κ2) is 10.1. The molecule has 0 aliphatic heterocycles. The van der Waals surface area contributed by atoms with E-state index in [1.54, 1.807) is 12.1 Å². The number of carbonyl (C=O) groups is 1. The number of carbonyl (C=O) groups excluding carboxylic acids is 1. The van der Waals surface area contributed by atoms with Crippen molar-refractivity contribution in [3.63, 3.8) is 0 Å². The van der Waals surface area contributed by atoms with Crippen molar-refractivity contribution in [3.05, 3.63) is 93.7 Å². The van der Waals surface area contributed by atoms with Crippen molar-refractivity contribution < 1.29 is 19.0 Å². The zero-order chi connectivity index (χ0) is 23.4. The SMILES string of the molecule is COc1ccc(C(=O)Cc2c(Cl)cncc2Cl)c(OCc2ccc3ccccc3c2)c1OC. The monoisotopic (exact) mass is 481 g/mol. The topological polar surface area (TPSA) is 57.7 Å². The van der Waals surface area contributed by atoms with Gasteiger partial charge in [-0.05, 0) is 34.5 Å². The van der Waals surface area contributed by atoms with E-state index in [2.05, 4.69) is 17.1 Å². The highest BCUT2D eigenvalue weighted by Crippen LogP contribution is 2.41. The van der Waals surface area contributed by atoms with E-state index in [4.69, 9.17) is 37.4 Å². The van der Waals surface area contributed by atoms with Crippen LogP contribution in [0.15, 0.2) is 67.0 Å². The van der Waals surface area contributed by atoms with Gasteiger partial charge in [-0.15, -0.1) is 0 Å². The van der Waals surface area contributed by atoms with Crippen molar-refractivity contribution in [2.24, 2.45) is 0 Å². The van der Waals surface area contributed by atoms with Crippen LogP contribution in [0.2, 0.25) is 10.0 Å². The average molecular weight is 482 g/mol. The van der Waals surface area contributed by atoms with Gasteiger partial charge in [0.15, 0.2) is 17.3 Å². The van der Waals surface area contributed by atoms with Gasteiger partial charge >= 0.3 is 0 Å². The highest BCUT2D eigenvalue weighted by molar-refractivity contribution is 6.36. The van der Waals surface area contributed by atoms with Gasteiger partial charge in [0.25, 0.3) is 0 Å². The summed E-state index contributed by atoms with van der Waals surface area (Å²) in [6.07, 6.45) is 2.91. The minimum atomic E-state index is -0.223. The summed E-state index contributed by atoms with van der Waals surface area (Å²) in [4.78, 5) is 17.2. The largest absolute Gasteiger partial charge is 0.493 e. The van der Waals surface area contributed by atoms with E-state index in [0.717, 1.165) is 16.3 Å². The van der Waals surface area contributed by atoms with Gasteiger partial charge < -0.3 is 14.2 Å². The molecule has 3 aromatic carbocycles. The van der Waals surface area contributed by atoms with E-state index in [-0.39, 0.29) is 18.8 Å². The van der Waals surface area contributed by atoms with Crippen LogP contribution in [0, 0.1) is 0 Å². The number of ether oxygens (including phenoxy) is 3. The molecule has 1 aromatic heterocycles. The van der Waals surface area contributed by atoms with Crippen LogP contribution < -0.4 is 14.2 Å². The lowest BCUT2D eigenvalue weighted by molar-refractivity contribution is 0.0987. The van der Waals surface area contributed by atoms with Crippen LogP contribution in [-0.2, 0) is 13.0 Å². The standard InChI is InChI=1S/C26H21Cl2NO4/c1-31-24-10-9-19(23(30)12-20-21(27)13-29-14-22(20)28)25(26(24)32-2)33-15-16-7-8-17-5-3-4-6-18(17)11-16/h3-11,13-14H,12,15H2,1-2H3. The molecule has 0 bridgehead atoms. The molecule has 0 atom stereocenters. The third-order valence-corrected chi connectivity index (χ3v) is 5.94. The molecule has 0 unspecified atom stereocenters. The lowest BCUT2D eigenvalue weighted by Crippen LogP contribution is -2.10. The van der Waals surface area contributed by atoms with E-state index in [1.165, 1.54) is 26.6 Å². The minimum Gasteiger partial charge on any atom is -0.493 e. The third kappa shape index (κ3) is 4.90. The summed E-state index contributed by atoms with van der Waals surface area (Å²) in [6, 6.07) is 17.5. The summed E-state index contributed by atoms with van der Waals surface area (Å²) < 4.78 is 17.1. The van der Waals surface area contributed by atoms with E-state index in [0.29, 0.717) is 38.4 Å². The zero-order valence-corrected chi connectivity index (χ0v) is 19.6. The van der Waals surface area contributed by atoms with Gasteiger partial charge in [0, 0.05) is 24.4 Å². The Kier molecular flexibility index (Phi) is 7.02. The zero-order valence-electron chi connectivity index (χ0n) is 18.1. The van der Waals surface area contributed by atoms with Crippen molar-refractivity contribution in [1.29, 1.82) is 0 Å². The number of rotatable bonds is 8. The highest BCUT2D eigenvalue weighted by Gasteiger charge is 2.23. The van der Waals surface area contributed by atoms with Crippen molar-refractivity contribution in [2.45, 2.75) is 13.0 Å². The molecule has 33 heavy (non-hydrogen) atoms. The number of aromatic nitrogens is 1. The number of pyridine rings is 1. The summed E-state index contributed by atoms with van der Waals surface area (Å²) in [5.41, 5.74) is 1.81. The summed E-state index contributed by atoms with van der Waals surface area (Å²) in [5.74, 6) is 0.884. The van der Waals surface area contributed by atoms with Crippen LogP contribution in [0.5, 0.6) is 17.2 Å². The van der Waals surface area contributed by atoms with Gasteiger partial charge in [0.05, 0.1) is 29.8 Å². The van der Waals surface area contributed by atoms with Crippen LogP contribution in [0.25, 0.3) is 10.8 Å². The highest BCUT2D eigenvalue weighted by atomic mass is 35.5. The number of halogens is 2. The van der Waals surface area contributed by atoms with E-state index in [1.807, 2.05) is 30.3 Å². The van der Waals surface area contributed by atoms with Crippen molar-refractivity contribution in [3.8, 4) is 17.2 Å². The van der Waals surface area contributed by atoms with Crippen LogP contribution >= 0.6 is 23.2 Å². The number of hydrogen-bond acceptors (Lipinski definition) is 5. The number of ketones is 1. The third-order valence-electron chi connectivity index (χ3n) is 5.29. The lowest BCUT2D eigenvalue weighted by Gasteiger charge is -2.17. The van der Waals surface area contributed by atoms with E-state index in [9.17, 15) is 4.79 Å². The minimum absolute atomic E-state index is 0.0119. The predicted molar refractivity (Wildman–Crippen MR) is 130 cm³/mol. The molecule has 168 valence electrons. The second-order valence-electron chi connectivity index (χ2n) is 7.33. The Bertz CT molecular complexity index is 1300. The molecular formula is C26H21Cl2NO4. The summed E-state index contributed by atoms with van der Waals surface area (Å²) in [5, 5.41) is 2.90. The fourth-order valence-corrected chi connectivity index (χ4v) is 4.11. The first-order valence-electron chi connectivity index (χ1n) is 10.2. The predicted octanol–water partition coefficient (Wildman–Crippen LogP) is 6.56. The smallest absolute Gasteiger partial charge is 0.204 e. The number of benzene rings is 3. The summed E-state index contributed by atoms with van der Waals surface area (Å²) in [7, 11) is 3.04. The Morgan fingerprint density at radius 3 is 2.30 bits per heavy atom. The Hall–Kier alpha value is -3.28. The van der Waals surface area contributed by atoms with Crippen LogP contribution in [0.3, 0.4) is 0 Å². The van der Waals surface area contributed by atoms with Crippen LogP contribution in [0.4, 0.5) is 0 Å². The lowest BCUT2D eigenvalue weighted by atomic mass is 10.0. The molecule has 0 N–H and O–H groups in total. The Balaban J connectivity index is 1.68. The molecule has 7 heteroatoms. The van der Waals surface area contributed by atoms with E-state index < -0.39 is 0 Å². The van der Waals surface area contributed by atoms with Gasteiger partial charge in [-0.1, -0.05) is 59.6 Å². The molecule has 4 rings (SSSR count). The normalized spacial score (nSPS) is 10.8. The van der Waals surface area contributed by atoms with Crippen LogP contribution in [-0.4, -0.2) is 25.0 Å². The number of fused-ring (bicyclic) bond motifs is 1. The molecule has 0 radical (unpaired) electrons. The van der Waals surface area contributed by atoms with Gasteiger partial charge in [-0.2, -0.15) is 0 Å². The molecule has 0 saturated heterocycles. The van der Waals surface area contributed by atoms with E-state index >= 15 is 0 Å². The molecule has 0 aliphatic carbocycles. The Morgan fingerprint density at radius 1 is 0.879 bits per heavy atom. The number of Topliss-reactive ketones (excluding diaryl/α,β-unsaturated/α-hetero) is 1. The Labute approximate surface area is 201 Å². The maximum Gasteiger partial charge on any atom is 0.204 e. The summed E-state index contributed by atoms with van der Waals surface area (Å²) in [6.45, 7) is 0.241. The molecule has 5 nitrogen and oxygen atoms in total. The molecule has 0 saturated carbocycles. The maximum atomic E-state index is 13.3. The van der Waals surface area contributed by atoms with Gasteiger partial charge in [0.2, 0.25) is 5.75 Å². The molecule has 1 heterocycles. The number of nitrogens with zero attached hydrogens (tertiary/aromatic N) is 1. The quantitative estimate of drug-likeness (QED) is 0.266. The number of hydrogen-bond donors (Lipinski definition) is 0. The number of methoxy groups -OCH3 is 2. The first kappa shape index (κ1) is 22.9. The Morgan fingerprint density at radius 2 is 1.61 bits per heavy atom. The van der Waals surface area contributed by atoms with Gasteiger partial charge in [-0.25, -0.2) is 0 Å². The summed E-state index contributed by atoms with van der Waals surface area (Å²) >= 11 is 12.4. The molecule has 0 fully saturated rings. The van der Waals surface area contributed by atoms with Gasteiger partial charge in [0.1, 0.15) is 6.61 Å². The maximum absolute atomic E-state index is 13.3. The molecular weight excluding hydrogens is 461 g/mol. The molecule has 0 spiro atoms. The van der Waals surface area contributed by atoms with Crippen molar-refractivity contribution in [1.82, 2.24) is 4.98 Å².